The second kappa shape index (κ2) is 4.29. The van der Waals surface area contributed by atoms with Crippen molar-refractivity contribution >= 4 is 10.9 Å². The molecule has 0 N–H and O–H groups in total. The van der Waals surface area contributed by atoms with E-state index >= 15 is 0 Å². The molecule has 1 heterocycles. The van der Waals surface area contributed by atoms with Crippen molar-refractivity contribution in [1.29, 1.82) is 0 Å². The molecule has 2 bridgehead atoms. The van der Waals surface area contributed by atoms with Gasteiger partial charge >= 0.3 is 0 Å². The minimum Gasteiger partial charge on any atom is -0.496 e. The van der Waals surface area contributed by atoms with Crippen LogP contribution in [0.3, 0.4) is 0 Å². The predicted octanol–water partition coefficient (Wildman–Crippen LogP) is 4.09. The lowest BCUT2D eigenvalue weighted by molar-refractivity contribution is 0.299. The highest BCUT2D eigenvalue weighted by atomic mass is 16.5. The number of benzene rings is 1. The molecule has 0 radical (unpaired) electrons. The van der Waals surface area contributed by atoms with Crippen molar-refractivity contribution in [1.82, 2.24) is 4.57 Å². The molecule has 2 aromatic rings. The van der Waals surface area contributed by atoms with Crippen LogP contribution in [0.25, 0.3) is 10.9 Å². The van der Waals surface area contributed by atoms with Crippen molar-refractivity contribution in [2.45, 2.75) is 32.2 Å². The summed E-state index contributed by atoms with van der Waals surface area (Å²) < 4.78 is 7.88. The summed E-state index contributed by atoms with van der Waals surface area (Å²) in [4.78, 5) is 0. The third-order valence-electron chi connectivity index (χ3n) is 5.31. The van der Waals surface area contributed by atoms with E-state index in [1.807, 2.05) is 6.07 Å². The van der Waals surface area contributed by atoms with Gasteiger partial charge in [0, 0.05) is 18.1 Å². The molecule has 4 rings (SSSR count). The Labute approximate surface area is 114 Å². The van der Waals surface area contributed by atoms with Crippen molar-refractivity contribution in [3.8, 4) is 5.75 Å². The third kappa shape index (κ3) is 1.77. The van der Waals surface area contributed by atoms with E-state index in [4.69, 9.17) is 4.74 Å². The van der Waals surface area contributed by atoms with Gasteiger partial charge in [0.05, 0.1) is 12.6 Å². The quantitative estimate of drug-likeness (QED) is 0.806. The first-order valence-electron chi connectivity index (χ1n) is 7.47. The first kappa shape index (κ1) is 11.4. The largest absolute Gasteiger partial charge is 0.496 e. The Morgan fingerprint density at radius 2 is 2.16 bits per heavy atom. The topological polar surface area (TPSA) is 14.2 Å². The second-order valence-electron chi connectivity index (χ2n) is 6.30. The van der Waals surface area contributed by atoms with Crippen LogP contribution in [-0.2, 0) is 6.54 Å². The van der Waals surface area contributed by atoms with Gasteiger partial charge in [-0.1, -0.05) is 12.5 Å². The molecule has 100 valence electrons. The summed E-state index contributed by atoms with van der Waals surface area (Å²) in [5, 5.41) is 1.24. The monoisotopic (exact) mass is 255 g/mol. The lowest BCUT2D eigenvalue weighted by atomic mass is 9.89. The molecule has 1 aromatic heterocycles. The summed E-state index contributed by atoms with van der Waals surface area (Å²) in [5.74, 6) is 3.92. The van der Waals surface area contributed by atoms with Crippen LogP contribution in [0.2, 0.25) is 0 Å². The van der Waals surface area contributed by atoms with Gasteiger partial charge in [-0.2, -0.15) is 0 Å². The van der Waals surface area contributed by atoms with Crippen LogP contribution >= 0.6 is 0 Å². The molecule has 2 aliphatic rings. The lowest BCUT2D eigenvalue weighted by Crippen LogP contribution is -2.16. The van der Waals surface area contributed by atoms with Gasteiger partial charge in [-0.15, -0.1) is 0 Å². The van der Waals surface area contributed by atoms with Crippen LogP contribution < -0.4 is 4.74 Å². The number of methoxy groups -OCH3 is 1. The van der Waals surface area contributed by atoms with Gasteiger partial charge in [0.15, 0.2) is 0 Å². The summed E-state index contributed by atoms with van der Waals surface area (Å²) in [5.41, 5.74) is 1.32. The molecular weight excluding hydrogens is 234 g/mol. The fraction of sp³-hybridized carbons (Fsp3) is 0.529. The zero-order chi connectivity index (χ0) is 12.8. The molecule has 2 nitrogen and oxygen atoms in total. The number of nitrogens with zero attached hydrogens (tertiary/aromatic N) is 1. The Kier molecular flexibility index (Phi) is 2.57. The van der Waals surface area contributed by atoms with E-state index in [0.717, 1.165) is 23.5 Å². The predicted molar refractivity (Wildman–Crippen MR) is 77.4 cm³/mol. The van der Waals surface area contributed by atoms with Crippen LogP contribution in [0.15, 0.2) is 30.5 Å². The van der Waals surface area contributed by atoms with Crippen molar-refractivity contribution in [3.05, 3.63) is 30.5 Å². The summed E-state index contributed by atoms with van der Waals surface area (Å²) in [6.45, 7) is 1.19. The average molecular weight is 255 g/mol. The maximum atomic E-state index is 5.45. The van der Waals surface area contributed by atoms with E-state index in [1.165, 1.54) is 43.1 Å². The van der Waals surface area contributed by atoms with E-state index in [9.17, 15) is 0 Å². The molecule has 0 saturated heterocycles. The molecule has 0 amide bonds. The van der Waals surface area contributed by atoms with E-state index in [0.29, 0.717) is 0 Å². The fourth-order valence-corrected chi connectivity index (χ4v) is 4.39. The average Bonchev–Trinajstić information content (AvgIpc) is 3.14. The van der Waals surface area contributed by atoms with Crippen LogP contribution in [0.5, 0.6) is 5.75 Å². The van der Waals surface area contributed by atoms with Crippen molar-refractivity contribution < 1.29 is 4.74 Å². The number of fused-ring (bicyclic) bond motifs is 3. The molecule has 2 saturated carbocycles. The van der Waals surface area contributed by atoms with Gasteiger partial charge in [-0.3, -0.25) is 0 Å². The minimum absolute atomic E-state index is 0.903. The number of rotatable bonds is 3. The Balaban J connectivity index is 1.65. The minimum atomic E-state index is 0.903. The Bertz CT molecular complexity index is 600. The molecule has 3 atom stereocenters. The van der Waals surface area contributed by atoms with Crippen LogP contribution in [0.1, 0.15) is 25.7 Å². The molecule has 0 spiro atoms. The van der Waals surface area contributed by atoms with Gasteiger partial charge in [-0.05, 0) is 55.2 Å². The molecule has 19 heavy (non-hydrogen) atoms. The number of hydrogen-bond donors (Lipinski definition) is 0. The lowest BCUT2D eigenvalue weighted by Gasteiger charge is -2.22. The first-order valence-corrected chi connectivity index (χ1v) is 7.47. The zero-order valence-corrected chi connectivity index (χ0v) is 11.5. The smallest absolute Gasteiger partial charge is 0.128 e. The molecule has 2 fully saturated rings. The van der Waals surface area contributed by atoms with Crippen LogP contribution in [0, 0.1) is 17.8 Å². The SMILES string of the molecule is COc1cccc2c1ccn2CC1CC2CCC1C2. The molecule has 0 aliphatic heterocycles. The Morgan fingerprint density at radius 1 is 1.21 bits per heavy atom. The highest BCUT2D eigenvalue weighted by molar-refractivity contribution is 5.86. The number of ether oxygens (including phenoxy) is 1. The van der Waals surface area contributed by atoms with E-state index in [2.05, 4.69) is 29.0 Å². The van der Waals surface area contributed by atoms with E-state index < -0.39 is 0 Å². The third-order valence-corrected chi connectivity index (χ3v) is 5.31. The standard InChI is InChI=1S/C17H21NO/c1-19-17-4-2-3-16-15(17)7-8-18(16)11-14-10-12-5-6-13(14)9-12/h2-4,7-8,12-14H,5-6,9-11H2,1H3. The van der Waals surface area contributed by atoms with E-state index in [1.54, 1.807) is 7.11 Å². The normalized spacial score (nSPS) is 29.2. The zero-order valence-electron chi connectivity index (χ0n) is 11.5. The van der Waals surface area contributed by atoms with Gasteiger partial charge in [-0.25, -0.2) is 0 Å². The first-order chi connectivity index (χ1) is 9.35. The summed E-state index contributed by atoms with van der Waals surface area (Å²) >= 11 is 0. The van der Waals surface area contributed by atoms with Crippen molar-refractivity contribution in [3.63, 3.8) is 0 Å². The number of aromatic nitrogens is 1. The van der Waals surface area contributed by atoms with Crippen LogP contribution in [0.4, 0.5) is 0 Å². The van der Waals surface area contributed by atoms with Gasteiger partial charge in [0.1, 0.15) is 5.75 Å². The van der Waals surface area contributed by atoms with Gasteiger partial charge in [0.2, 0.25) is 0 Å². The highest BCUT2D eigenvalue weighted by Crippen LogP contribution is 2.49. The molecule has 2 aliphatic carbocycles. The van der Waals surface area contributed by atoms with Gasteiger partial charge < -0.3 is 9.30 Å². The summed E-state index contributed by atoms with van der Waals surface area (Å²) in [6.07, 6.45) is 8.14. The maximum Gasteiger partial charge on any atom is 0.128 e. The number of hydrogen-bond acceptors (Lipinski definition) is 1. The van der Waals surface area contributed by atoms with Crippen LogP contribution in [-0.4, -0.2) is 11.7 Å². The van der Waals surface area contributed by atoms with Crippen molar-refractivity contribution in [2.75, 3.05) is 7.11 Å². The Morgan fingerprint density at radius 3 is 2.89 bits per heavy atom. The summed E-state index contributed by atoms with van der Waals surface area (Å²) in [6, 6.07) is 8.55. The second-order valence-corrected chi connectivity index (χ2v) is 6.30. The fourth-order valence-electron chi connectivity index (χ4n) is 4.39. The molecular formula is C17H21NO. The summed E-state index contributed by atoms with van der Waals surface area (Å²) in [7, 11) is 1.75. The highest BCUT2D eigenvalue weighted by Gasteiger charge is 2.39. The maximum absolute atomic E-state index is 5.45. The molecule has 3 unspecified atom stereocenters. The van der Waals surface area contributed by atoms with Gasteiger partial charge in [0.25, 0.3) is 0 Å². The molecule has 1 aromatic carbocycles. The van der Waals surface area contributed by atoms with Crippen molar-refractivity contribution in [2.24, 2.45) is 17.8 Å². The Hall–Kier alpha value is -1.44. The molecule has 2 heteroatoms. The van der Waals surface area contributed by atoms with E-state index in [-0.39, 0.29) is 0 Å².